The minimum atomic E-state index is -2.40. The number of primary amides is 1. The number of benzene rings is 6. The first-order valence-corrected chi connectivity index (χ1v) is 41.0. The number of amides is 9. The highest BCUT2D eigenvalue weighted by atomic mass is 35.5. The molecule has 11 bridgehead atoms. The van der Waals surface area contributed by atoms with Crippen LogP contribution in [0.5, 0.6) is 46.0 Å². The molecule has 0 saturated carbocycles. The van der Waals surface area contributed by atoms with E-state index in [0.29, 0.717) is 10.6 Å². The van der Waals surface area contributed by atoms with Crippen LogP contribution >= 0.6 is 46.4 Å². The number of phenols is 3. The third-order valence-electron chi connectivity index (χ3n) is 21.6. The Labute approximate surface area is 737 Å². The summed E-state index contributed by atoms with van der Waals surface area (Å²) in [5, 5.41) is 140. The number of hydrazine groups is 1. The molecule has 2 fully saturated rings. The third kappa shape index (κ3) is 21.4. The third-order valence-corrected chi connectivity index (χ3v) is 22.9. The average Bonchev–Trinajstić information content (AvgIpc) is 0.765. The molecule has 674 valence electrons. The van der Waals surface area contributed by atoms with Gasteiger partial charge >= 0.3 is 5.69 Å². The molecular weight excluding hydrogens is 1740 g/mol. The van der Waals surface area contributed by atoms with Gasteiger partial charge in [0.25, 0.3) is 5.91 Å². The van der Waals surface area contributed by atoms with E-state index in [9.17, 15) is 75.0 Å². The molecule has 126 heavy (non-hydrogen) atoms. The molecule has 1 aromatic heterocycles. The Morgan fingerprint density at radius 2 is 1.35 bits per heavy atom. The van der Waals surface area contributed by atoms with Crippen molar-refractivity contribution in [2.45, 2.75) is 169 Å². The van der Waals surface area contributed by atoms with Crippen molar-refractivity contribution in [3.8, 4) is 57.1 Å². The number of nitrogens with zero attached hydrogens (tertiary/aromatic N) is 2. The monoisotopic (exact) mass is 1830 g/mol. The van der Waals surface area contributed by atoms with E-state index in [-0.39, 0.29) is 78.1 Å². The number of nitrogens with one attached hydrogen (secondary N) is 11. The number of ether oxygens (including phenoxy) is 6. The van der Waals surface area contributed by atoms with E-state index in [2.05, 4.69) is 63.7 Å². The molecule has 7 aliphatic heterocycles. The molecule has 18 atom stereocenters. The zero-order valence-electron chi connectivity index (χ0n) is 67.6. The van der Waals surface area contributed by atoms with Gasteiger partial charge in [-0.2, -0.15) is 4.98 Å². The van der Waals surface area contributed by atoms with E-state index in [0.717, 1.165) is 66.7 Å². The van der Waals surface area contributed by atoms with Crippen LogP contribution < -0.4 is 84.3 Å². The van der Waals surface area contributed by atoms with Gasteiger partial charge in [0.2, 0.25) is 59.3 Å². The lowest BCUT2D eigenvalue weighted by molar-refractivity contribution is -0.334. The first kappa shape index (κ1) is 94.0. The fourth-order valence-electron chi connectivity index (χ4n) is 15.1. The largest absolute Gasteiger partial charge is 0.508 e. The number of aromatic hydroxyl groups is 3. The Hall–Kier alpha value is -11.1. The smallest absolute Gasteiger partial charge is 0.349 e. The lowest BCUT2D eigenvalue weighted by Gasteiger charge is -2.48. The number of aliphatic hydroxyl groups is 7. The summed E-state index contributed by atoms with van der Waals surface area (Å²) in [5.74, 6) is -16.2. The van der Waals surface area contributed by atoms with E-state index >= 15 is 24.0 Å². The van der Waals surface area contributed by atoms with Crippen LogP contribution in [0.4, 0.5) is 5.82 Å². The van der Waals surface area contributed by atoms with Crippen LogP contribution in [0.15, 0.2) is 114 Å². The highest BCUT2D eigenvalue weighted by Crippen LogP contribution is 2.50. The minimum Gasteiger partial charge on any atom is -0.508 e. The normalized spacial score (nSPS) is 25.8. The van der Waals surface area contributed by atoms with Crippen LogP contribution in [0.25, 0.3) is 11.1 Å². The lowest BCUT2D eigenvalue weighted by Crippen LogP contribution is -2.65. The van der Waals surface area contributed by atoms with Crippen LogP contribution in [0.3, 0.4) is 0 Å². The molecular formula is C82H92Cl4N14O26. The number of aliphatic hydroxyl groups excluding tert-OH is 7. The van der Waals surface area contributed by atoms with Crippen molar-refractivity contribution >= 4 is 105 Å². The fraction of sp³-hybridized carbons (Fsp3) is 0.402. The lowest BCUT2D eigenvalue weighted by atomic mass is 9.85. The zero-order chi connectivity index (χ0) is 91.2. The summed E-state index contributed by atoms with van der Waals surface area (Å²) in [4.78, 5) is 150. The van der Waals surface area contributed by atoms with Gasteiger partial charge in [-0.3, -0.25) is 53.1 Å². The molecule has 0 aliphatic carbocycles. The van der Waals surface area contributed by atoms with Crippen LogP contribution in [-0.2, 0) is 70.3 Å². The highest BCUT2D eigenvalue weighted by molar-refractivity contribution is 6.42. The number of aromatic nitrogens is 2. The number of carbonyl (C=O) groups excluding carboxylic acids is 9. The molecule has 2 saturated heterocycles. The molecule has 14 rings (SSSR count). The maximum absolute atomic E-state index is 16.3. The number of carbonyl (C=O) groups is 9. The number of anilines is 1. The Bertz CT molecular complexity index is 5390. The number of nitrogens with two attached hydrogens (primary N) is 1. The zero-order valence-corrected chi connectivity index (χ0v) is 70.7. The average molecular weight is 1830 g/mol. The Kier molecular flexibility index (Phi) is 30.0. The first-order chi connectivity index (χ1) is 59.8. The maximum atomic E-state index is 16.3. The molecule has 8 heterocycles. The van der Waals surface area contributed by atoms with E-state index in [1.165, 1.54) is 55.1 Å². The molecule has 23 N–H and O–H groups in total. The predicted octanol–water partition coefficient (Wildman–Crippen LogP) is 1.01. The summed E-state index contributed by atoms with van der Waals surface area (Å²) in [6.45, 7) is 4.76. The maximum Gasteiger partial charge on any atom is 0.349 e. The molecule has 40 nitrogen and oxygen atoms in total. The summed E-state index contributed by atoms with van der Waals surface area (Å²) in [6, 6.07) is 5.46. The minimum absolute atomic E-state index is 0.0433. The molecule has 0 spiro atoms. The standard InChI is InChI=1S/C82H92Cl4N14O26/c1-33(2)20-47(88-5)73(113)97-64-66(108)37-8-12-51(45(85)24-37)122-53-26-39-27-54(70(53)126-80-71(69(111)68(110)55(32-102)124-80)125-59-31-82(4,72(112)34(3)121-59)89-15-18-100-17-14-57(93-81(100)120)92-58(107)22-35-6-10-43(83)44(84)21-35)123-52-13-9-38(25-46(52)86)67(109)65-78(118)96-63(79(119)99-90-16-19-101)42-28-40(103)29-50(105)60(42)41-23-36(7-11-49(41)104)61(75(115)98-65)95-76(116)62(39)94-74(114)48(30-56(87)106)91-77(64)117/h6-14,17,21,23-29,33-34,47-48,55,59,61-69,71-72,80,88-90,101-105,108-112H,15-16,18-20,22,30-32H2,1-5H3,(H2,87,106)(H,91,117)(H,94,114)(H,95,116)(H,96,118)(H,97,113)(H,98,115)(H,99,119)(H,92,93,107,120)/t34-,47+,48-,55+,59-,61+,62+,63+,64+,65-,66+,67+,68+,69-,71+,72+,80?,82+/m0/s1. The number of hydrogen-bond acceptors (Lipinski definition) is 30. The second kappa shape index (κ2) is 40.2. The number of likely N-dealkylation sites (N-methyl/N-ethyl adjacent to an activating group) is 1. The second-order valence-corrected chi connectivity index (χ2v) is 32.7. The summed E-state index contributed by atoms with van der Waals surface area (Å²) >= 11 is 26.5. The molecule has 0 radical (unpaired) electrons. The van der Waals surface area contributed by atoms with Gasteiger partial charge in [0.1, 0.15) is 101 Å². The van der Waals surface area contributed by atoms with Crippen molar-refractivity contribution in [3.05, 3.63) is 173 Å². The number of halogens is 4. The molecule has 6 aromatic carbocycles. The van der Waals surface area contributed by atoms with Gasteiger partial charge in [-0.1, -0.05) is 84.5 Å². The quantitative estimate of drug-likeness (QED) is 0.0314. The van der Waals surface area contributed by atoms with E-state index in [4.69, 9.17) is 80.6 Å². The van der Waals surface area contributed by atoms with Gasteiger partial charge in [-0.25, -0.2) is 10.2 Å². The Balaban J connectivity index is 0.998. The van der Waals surface area contributed by atoms with Gasteiger partial charge in [-0.15, -0.1) is 0 Å². The summed E-state index contributed by atoms with van der Waals surface area (Å²) in [5.41, 5.74) is 6.15. The van der Waals surface area contributed by atoms with Gasteiger partial charge in [0, 0.05) is 55.0 Å². The van der Waals surface area contributed by atoms with Crippen molar-refractivity contribution in [2.75, 3.05) is 38.7 Å². The molecule has 44 heteroatoms. The second-order valence-electron chi connectivity index (χ2n) is 31.1. The van der Waals surface area contributed by atoms with Crippen LogP contribution in [0, 0.1) is 5.92 Å². The molecule has 9 amide bonds. The number of rotatable bonds is 23. The van der Waals surface area contributed by atoms with E-state index in [1.807, 2.05) is 13.8 Å². The SMILES string of the molecule is CN[C@H](CC(C)C)C(=O)N[C@H]1C(=O)N[C@@H](CC(N)=O)C(=O)N[C@H]2C(=O)N[C@H]3C(=O)N[C@H](C(=O)N[C@@H](C(=O)NNCCO)c4cc(O)cc(O)c4-c4cc3ccc4O)[C@H](O)c3ccc(c(Cl)c3)Oc3cc2cc(c3OC2O[C@H](CO)[C@@H](O)[C@H](O)[C@H]2O[C@H]2C[C@@](C)(NCCn3ccc(NC(=O)Cc4ccc(Cl)c(Cl)c4)nc3=O)[C@H](O)[C@H](C)O2)Oc2ccc(cc2Cl)[C@H]1O. The number of fused-ring (bicyclic) bond motifs is 15. The number of hydrogen-bond donors (Lipinski definition) is 22. The van der Waals surface area contributed by atoms with E-state index in [1.54, 1.807) is 13.0 Å². The van der Waals surface area contributed by atoms with Crippen LogP contribution in [-0.4, -0.2) is 226 Å². The Morgan fingerprint density at radius 3 is 1.98 bits per heavy atom. The number of phenolic OH excluding ortho intramolecular Hbond substituents is 3. The van der Waals surface area contributed by atoms with Gasteiger partial charge in [-0.05, 0) is 139 Å². The van der Waals surface area contributed by atoms with E-state index < -0.39 is 260 Å². The molecule has 7 aromatic rings. The van der Waals surface area contributed by atoms with Crippen molar-refractivity contribution in [3.63, 3.8) is 0 Å². The van der Waals surface area contributed by atoms with Gasteiger partial charge in [0.15, 0.2) is 23.9 Å². The topological polar surface area (TPSA) is 605 Å². The van der Waals surface area contributed by atoms with Gasteiger partial charge < -0.3 is 133 Å². The van der Waals surface area contributed by atoms with Crippen LogP contribution in [0.1, 0.15) is 111 Å². The first-order valence-electron chi connectivity index (χ1n) is 39.5. The molecule has 1 unspecified atom stereocenters. The van der Waals surface area contributed by atoms with Crippen molar-refractivity contribution < 1.29 is 123 Å². The van der Waals surface area contributed by atoms with Gasteiger partial charge in [0.05, 0.1) is 64.4 Å². The fourth-order valence-corrected chi connectivity index (χ4v) is 15.9. The van der Waals surface area contributed by atoms with Crippen molar-refractivity contribution in [2.24, 2.45) is 11.7 Å². The molecule has 7 aliphatic rings. The predicted molar refractivity (Wildman–Crippen MR) is 446 cm³/mol. The summed E-state index contributed by atoms with van der Waals surface area (Å²) in [6.07, 6.45) is -18.3. The van der Waals surface area contributed by atoms with Crippen molar-refractivity contribution in [1.29, 1.82) is 0 Å². The summed E-state index contributed by atoms with van der Waals surface area (Å²) < 4.78 is 40.6. The summed E-state index contributed by atoms with van der Waals surface area (Å²) in [7, 11) is 1.46. The van der Waals surface area contributed by atoms with Crippen molar-refractivity contribution in [1.82, 2.24) is 62.9 Å². The highest BCUT2D eigenvalue weighted by Gasteiger charge is 2.52. The Morgan fingerprint density at radius 1 is 0.690 bits per heavy atom. The van der Waals surface area contributed by atoms with Crippen LogP contribution in [0.2, 0.25) is 20.1 Å².